The van der Waals surface area contributed by atoms with Gasteiger partial charge in [-0.1, -0.05) is 18.5 Å². The molecule has 1 aromatic heterocycles. The van der Waals surface area contributed by atoms with E-state index in [1.807, 2.05) is 6.92 Å². The molecule has 0 spiro atoms. The molecule has 1 aliphatic rings. The summed E-state index contributed by atoms with van der Waals surface area (Å²) in [4.78, 5) is 24.8. The molecule has 1 saturated heterocycles. The number of nitriles is 1. The van der Waals surface area contributed by atoms with Crippen molar-refractivity contribution < 1.29 is 19.4 Å². The molecule has 2 aromatic rings. The van der Waals surface area contributed by atoms with E-state index in [9.17, 15) is 20.0 Å². The highest BCUT2D eigenvalue weighted by Gasteiger charge is 2.36. The number of aliphatic carboxylic acids is 1. The molecular formula is C21H19ClN2O5. The molecule has 1 fully saturated rings. The Hall–Kier alpha value is -3.08. The summed E-state index contributed by atoms with van der Waals surface area (Å²) in [6.07, 6.45) is 3.57. The minimum absolute atomic E-state index is 0.170. The van der Waals surface area contributed by atoms with E-state index in [0.717, 1.165) is 4.57 Å². The van der Waals surface area contributed by atoms with Crippen molar-refractivity contribution in [3.8, 4) is 22.9 Å². The summed E-state index contributed by atoms with van der Waals surface area (Å²) < 4.78 is 11.7. The van der Waals surface area contributed by atoms with Crippen LogP contribution in [0.25, 0.3) is 16.8 Å². The van der Waals surface area contributed by atoms with Crippen LogP contribution in [0.15, 0.2) is 41.3 Å². The van der Waals surface area contributed by atoms with E-state index in [0.29, 0.717) is 41.3 Å². The molecule has 2 heterocycles. The molecule has 0 unspecified atom stereocenters. The molecular weight excluding hydrogens is 396 g/mol. The zero-order valence-corrected chi connectivity index (χ0v) is 16.7. The Morgan fingerprint density at radius 3 is 2.66 bits per heavy atom. The number of carboxylic acid groups (broad SMARTS) is 1. The molecule has 0 amide bonds. The minimum Gasteiger partial charge on any atom is -0.495 e. The third-order valence-electron chi connectivity index (χ3n) is 5.03. The van der Waals surface area contributed by atoms with E-state index < -0.39 is 16.9 Å². The van der Waals surface area contributed by atoms with Gasteiger partial charge >= 0.3 is 5.97 Å². The molecule has 0 saturated carbocycles. The Kier molecular flexibility index (Phi) is 5.78. The standard InChI is InChI=1S/C21H19ClN2O5/c1-3-21(11-29-12-21)8-17(20(26)27)24-10-18(28-2)16(7-19(24)25)15-6-14(22)5-4-13(15)9-23/h4-8,10H,3,11-12H2,1-2H3,(H,26,27)/b17-8+. The second-order valence-corrected chi connectivity index (χ2v) is 7.25. The highest BCUT2D eigenvalue weighted by molar-refractivity contribution is 6.31. The number of carbonyl (C=O) groups is 1. The quantitative estimate of drug-likeness (QED) is 0.727. The van der Waals surface area contributed by atoms with Crippen molar-refractivity contribution in [1.82, 2.24) is 4.57 Å². The third-order valence-corrected chi connectivity index (χ3v) is 5.27. The van der Waals surface area contributed by atoms with E-state index in [1.165, 1.54) is 19.4 Å². The van der Waals surface area contributed by atoms with Crippen LogP contribution in [0, 0.1) is 16.7 Å². The summed E-state index contributed by atoms with van der Waals surface area (Å²) >= 11 is 6.06. The van der Waals surface area contributed by atoms with Gasteiger partial charge in [-0.2, -0.15) is 5.26 Å². The van der Waals surface area contributed by atoms with Crippen LogP contribution in [0.5, 0.6) is 5.75 Å². The molecule has 1 N–H and O–H groups in total. The molecule has 1 aromatic carbocycles. The number of methoxy groups -OCH3 is 1. The monoisotopic (exact) mass is 414 g/mol. The summed E-state index contributed by atoms with van der Waals surface area (Å²) in [5.41, 5.74) is -0.0501. The maximum atomic E-state index is 12.8. The van der Waals surface area contributed by atoms with Gasteiger partial charge in [0.25, 0.3) is 5.56 Å². The van der Waals surface area contributed by atoms with Crippen LogP contribution in [0.3, 0.4) is 0 Å². The van der Waals surface area contributed by atoms with E-state index in [2.05, 4.69) is 6.07 Å². The molecule has 0 radical (unpaired) electrons. The highest BCUT2D eigenvalue weighted by atomic mass is 35.5. The van der Waals surface area contributed by atoms with Crippen molar-refractivity contribution in [2.75, 3.05) is 20.3 Å². The molecule has 0 aliphatic carbocycles. The van der Waals surface area contributed by atoms with Crippen LogP contribution in [0.2, 0.25) is 5.02 Å². The van der Waals surface area contributed by atoms with Gasteiger partial charge < -0.3 is 14.6 Å². The van der Waals surface area contributed by atoms with Crippen molar-refractivity contribution in [1.29, 1.82) is 5.26 Å². The normalized spacial score (nSPS) is 15.3. The molecule has 29 heavy (non-hydrogen) atoms. The first-order valence-corrected chi connectivity index (χ1v) is 9.27. The Morgan fingerprint density at radius 2 is 2.14 bits per heavy atom. The molecule has 3 rings (SSSR count). The van der Waals surface area contributed by atoms with Crippen molar-refractivity contribution >= 4 is 23.3 Å². The van der Waals surface area contributed by atoms with Gasteiger partial charge in [0.1, 0.15) is 11.4 Å². The van der Waals surface area contributed by atoms with Gasteiger partial charge in [0.05, 0.1) is 38.2 Å². The fraction of sp³-hybridized carbons (Fsp3) is 0.286. The van der Waals surface area contributed by atoms with Crippen molar-refractivity contribution in [3.63, 3.8) is 0 Å². The summed E-state index contributed by atoms with van der Waals surface area (Å²) in [6.45, 7) is 2.74. The predicted molar refractivity (Wildman–Crippen MR) is 108 cm³/mol. The number of carboxylic acids is 1. The van der Waals surface area contributed by atoms with Crippen LogP contribution < -0.4 is 10.3 Å². The maximum Gasteiger partial charge on any atom is 0.352 e. The van der Waals surface area contributed by atoms with Gasteiger partial charge in [-0.05, 0) is 30.7 Å². The highest BCUT2D eigenvalue weighted by Crippen LogP contribution is 2.36. The Bertz CT molecular complexity index is 1090. The molecule has 150 valence electrons. The van der Waals surface area contributed by atoms with Gasteiger partial charge in [0.2, 0.25) is 0 Å². The lowest BCUT2D eigenvalue weighted by Gasteiger charge is -2.38. The molecule has 0 atom stereocenters. The SMILES string of the molecule is CCC1(/C=C(\C(=O)O)n2cc(OC)c(-c3cc(Cl)ccc3C#N)cc2=O)COC1. The number of nitrogens with zero attached hydrogens (tertiary/aromatic N) is 2. The fourth-order valence-electron chi connectivity index (χ4n) is 3.19. The Balaban J connectivity index is 2.21. The van der Waals surface area contributed by atoms with Crippen LogP contribution in [0.1, 0.15) is 18.9 Å². The third kappa shape index (κ3) is 3.90. The average Bonchev–Trinajstić information content (AvgIpc) is 2.67. The van der Waals surface area contributed by atoms with Crippen LogP contribution in [-0.4, -0.2) is 36.0 Å². The number of aromatic nitrogens is 1. The fourth-order valence-corrected chi connectivity index (χ4v) is 3.36. The number of pyridine rings is 1. The molecule has 7 nitrogen and oxygen atoms in total. The lowest BCUT2D eigenvalue weighted by Crippen LogP contribution is -2.41. The number of hydrogen-bond donors (Lipinski definition) is 1. The van der Waals surface area contributed by atoms with E-state index in [1.54, 1.807) is 24.3 Å². The first-order chi connectivity index (χ1) is 13.8. The lowest BCUT2D eigenvalue weighted by atomic mass is 9.82. The molecule has 0 bridgehead atoms. The van der Waals surface area contributed by atoms with Crippen molar-refractivity contribution in [3.05, 3.63) is 57.5 Å². The smallest absolute Gasteiger partial charge is 0.352 e. The summed E-state index contributed by atoms with van der Waals surface area (Å²) in [5, 5.41) is 19.5. The first-order valence-electron chi connectivity index (χ1n) is 8.89. The summed E-state index contributed by atoms with van der Waals surface area (Å²) in [7, 11) is 1.40. The van der Waals surface area contributed by atoms with E-state index >= 15 is 0 Å². The van der Waals surface area contributed by atoms with E-state index in [-0.39, 0.29) is 11.4 Å². The number of benzene rings is 1. The van der Waals surface area contributed by atoms with Gasteiger partial charge in [0, 0.05) is 27.6 Å². The van der Waals surface area contributed by atoms with Crippen LogP contribution in [0.4, 0.5) is 0 Å². The molecule has 1 aliphatic heterocycles. The second kappa shape index (κ2) is 8.11. The van der Waals surface area contributed by atoms with Crippen LogP contribution in [-0.2, 0) is 9.53 Å². The topological polar surface area (TPSA) is 102 Å². The number of rotatable bonds is 6. The predicted octanol–water partition coefficient (Wildman–Crippen LogP) is 3.40. The van der Waals surface area contributed by atoms with Crippen molar-refractivity contribution in [2.45, 2.75) is 13.3 Å². The number of hydrogen-bond acceptors (Lipinski definition) is 5. The van der Waals surface area contributed by atoms with Crippen LogP contribution >= 0.6 is 11.6 Å². The first kappa shape index (κ1) is 20.6. The number of ether oxygens (including phenoxy) is 2. The Morgan fingerprint density at radius 1 is 1.41 bits per heavy atom. The maximum absolute atomic E-state index is 12.8. The van der Waals surface area contributed by atoms with E-state index in [4.69, 9.17) is 21.1 Å². The minimum atomic E-state index is -1.23. The van der Waals surface area contributed by atoms with Crippen molar-refractivity contribution in [2.24, 2.45) is 5.41 Å². The summed E-state index contributed by atoms with van der Waals surface area (Å²) in [5.74, 6) is -0.993. The summed E-state index contributed by atoms with van der Waals surface area (Å²) in [6, 6.07) is 8.00. The largest absolute Gasteiger partial charge is 0.495 e. The van der Waals surface area contributed by atoms with Gasteiger partial charge in [0.15, 0.2) is 0 Å². The average molecular weight is 415 g/mol. The van der Waals surface area contributed by atoms with Gasteiger partial charge in [-0.25, -0.2) is 4.79 Å². The number of halogens is 1. The van der Waals surface area contributed by atoms with Gasteiger partial charge in [-0.15, -0.1) is 0 Å². The zero-order chi connectivity index (χ0) is 21.2. The van der Waals surface area contributed by atoms with Gasteiger partial charge in [-0.3, -0.25) is 9.36 Å². The second-order valence-electron chi connectivity index (χ2n) is 6.81. The Labute approximate surface area is 172 Å². The molecule has 8 heteroatoms. The zero-order valence-electron chi connectivity index (χ0n) is 15.9. The lowest BCUT2D eigenvalue weighted by molar-refractivity contribution is -0.131.